The van der Waals surface area contributed by atoms with Gasteiger partial charge in [-0.3, -0.25) is 9.58 Å². The third-order valence-electron chi connectivity index (χ3n) is 5.67. The molecule has 0 aliphatic carbocycles. The average Bonchev–Trinajstić information content (AvgIpc) is 3.25. The van der Waals surface area contributed by atoms with Crippen LogP contribution in [0.15, 0.2) is 30.5 Å². The molecule has 0 spiro atoms. The molecule has 3 heterocycles. The van der Waals surface area contributed by atoms with Crippen molar-refractivity contribution in [2.24, 2.45) is 5.92 Å². The molecule has 29 heavy (non-hydrogen) atoms. The molecule has 156 valence electrons. The topological polar surface area (TPSA) is 50.6 Å². The van der Waals surface area contributed by atoms with Crippen LogP contribution in [0.1, 0.15) is 52.1 Å². The van der Waals surface area contributed by atoms with Crippen LogP contribution in [-0.4, -0.2) is 58.0 Å². The van der Waals surface area contributed by atoms with Gasteiger partial charge < -0.3 is 9.64 Å². The summed E-state index contributed by atoms with van der Waals surface area (Å²) in [7, 11) is 2.16. The van der Waals surface area contributed by atoms with Gasteiger partial charge in [-0.05, 0) is 59.2 Å². The van der Waals surface area contributed by atoms with Gasteiger partial charge in [0.15, 0.2) is 0 Å². The van der Waals surface area contributed by atoms with Gasteiger partial charge in [0.25, 0.3) is 0 Å². The molecular weight excluding hydrogens is 364 g/mol. The Morgan fingerprint density at radius 1 is 1.24 bits per heavy atom. The van der Waals surface area contributed by atoms with Gasteiger partial charge in [-0.15, -0.1) is 0 Å². The molecule has 0 unspecified atom stereocenters. The Bertz CT molecular complexity index is 940. The fourth-order valence-electron chi connectivity index (χ4n) is 4.18. The van der Waals surface area contributed by atoms with Gasteiger partial charge in [0.05, 0.1) is 17.3 Å². The van der Waals surface area contributed by atoms with Gasteiger partial charge in [-0.2, -0.15) is 5.10 Å². The first-order valence-electron chi connectivity index (χ1n) is 10.6. The molecule has 2 atom stereocenters. The molecule has 2 aromatic rings. The summed E-state index contributed by atoms with van der Waals surface area (Å²) in [6, 6.07) is 6.74. The number of carbonyl (C=O) groups excluding carboxylic acids is 1. The van der Waals surface area contributed by atoms with Crippen molar-refractivity contribution in [3.8, 4) is 0 Å². The van der Waals surface area contributed by atoms with Gasteiger partial charge in [-0.1, -0.05) is 25.1 Å². The summed E-state index contributed by atoms with van der Waals surface area (Å²) >= 11 is 0. The molecule has 6 heteroatoms. The monoisotopic (exact) mass is 396 g/mol. The van der Waals surface area contributed by atoms with Crippen LogP contribution in [0.5, 0.6) is 0 Å². The van der Waals surface area contributed by atoms with E-state index in [0.717, 1.165) is 48.1 Å². The highest BCUT2D eigenvalue weighted by molar-refractivity contribution is 5.87. The van der Waals surface area contributed by atoms with Gasteiger partial charge in [0, 0.05) is 30.2 Å². The lowest BCUT2D eigenvalue weighted by molar-refractivity contribution is 0.0327. The highest BCUT2D eigenvalue weighted by Gasteiger charge is 2.29. The minimum absolute atomic E-state index is 0.282. The number of benzene rings is 1. The highest BCUT2D eigenvalue weighted by Crippen LogP contribution is 2.31. The highest BCUT2D eigenvalue weighted by atomic mass is 16.6. The van der Waals surface area contributed by atoms with Crippen molar-refractivity contribution in [1.29, 1.82) is 0 Å². The number of carbonyl (C=O) groups is 1. The van der Waals surface area contributed by atoms with E-state index in [-0.39, 0.29) is 6.09 Å². The fraction of sp³-hybridized carbons (Fsp3) is 0.565. The Hall–Kier alpha value is -2.34. The van der Waals surface area contributed by atoms with E-state index in [1.54, 1.807) is 4.90 Å². The third kappa shape index (κ3) is 4.32. The number of rotatable bonds is 2. The van der Waals surface area contributed by atoms with E-state index in [4.69, 9.17) is 9.84 Å². The maximum atomic E-state index is 12.9. The zero-order valence-electron chi connectivity index (χ0n) is 18.2. The molecule has 1 aromatic carbocycles. The fourth-order valence-corrected chi connectivity index (χ4v) is 4.18. The second kappa shape index (κ2) is 7.48. The van der Waals surface area contributed by atoms with Crippen molar-refractivity contribution >= 4 is 22.7 Å². The molecular formula is C23H32N4O2. The summed E-state index contributed by atoms with van der Waals surface area (Å²) in [5, 5.41) is 5.99. The molecule has 2 aliphatic heterocycles. The number of hydrogen-bond acceptors (Lipinski definition) is 4. The number of aromatic nitrogens is 2. The summed E-state index contributed by atoms with van der Waals surface area (Å²) in [5.41, 5.74) is 2.40. The average molecular weight is 397 g/mol. The Morgan fingerprint density at radius 2 is 2.03 bits per heavy atom. The number of allylic oxidation sites excluding steroid dienone is 1. The molecule has 1 fully saturated rings. The lowest BCUT2D eigenvalue weighted by Crippen LogP contribution is -2.39. The molecule has 1 aromatic heterocycles. The second-order valence-electron chi connectivity index (χ2n) is 9.61. The van der Waals surface area contributed by atoms with Crippen molar-refractivity contribution in [3.05, 3.63) is 36.0 Å². The summed E-state index contributed by atoms with van der Waals surface area (Å²) in [6.07, 6.45) is 6.10. The summed E-state index contributed by atoms with van der Waals surface area (Å²) in [5.74, 6) is 0.411. The maximum absolute atomic E-state index is 12.9. The summed E-state index contributed by atoms with van der Waals surface area (Å²) < 4.78 is 7.78. The molecule has 0 saturated carbocycles. The largest absolute Gasteiger partial charge is 0.443 e. The lowest BCUT2D eigenvalue weighted by Gasteiger charge is -2.33. The first-order valence-corrected chi connectivity index (χ1v) is 10.6. The molecule has 6 nitrogen and oxygen atoms in total. The molecule has 1 amide bonds. The number of amides is 1. The Labute approximate surface area is 173 Å². The molecule has 2 aliphatic rings. The number of ether oxygens (including phenoxy) is 1. The van der Waals surface area contributed by atoms with Crippen LogP contribution < -0.4 is 0 Å². The molecule has 0 bridgehead atoms. The minimum atomic E-state index is -0.514. The lowest BCUT2D eigenvalue weighted by atomic mass is 9.98. The van der Waals surface area contributed by atoms with Crippen molar-refractivity contribution in [3.63, 3.8) is 0 Å². The van der Waals surface area contributed by atoms with E-state index in [1.165, 1.54) is 0 Å². The van der Waals surface area contributed by atoms with Crippen molar-refractivity contribution in [1.82, 2.24) is 19.6 Å². The Kier molecular flexibility index (Phi) is 5.15. The minimum Gasteiger partial charge on any atom is -0.443 e. The number of nitrogens with zero attached hydrogens (tertiary/aromatic N) is 4. The van der Waals surface area contributed by atoms with E-state index in [2.05, 4.69) is 54.0 Å². The van der Waals surface area contributed by atoms with Gasteiger partial charge in [-0.25, -0.2) is 4.79 Å². The van der Waals surface area contributed by atoms with Gasteiger partial charge in [0.2, 0.25) is 0 Å². The van der Waals surface area contributed by atoms with E-state index >= 15 is 0 Å². The quantitative estimate of drug-likeness (QED) is 0.748. The maximum Gasteiger partial charge on any atom is 0.414 e. The van der Waals surface area contributed by atoms with Crippen molar-refractivity contribution in [2.75, 3.05) is 26.7 Å². The Morgan fingerprint density at radius 3 is 2.72 bits per heavy atom. The third-order valence-corrected chi connectivity index (χ3v) is 5.67. The number of likely N-dealkylation sites (N-methyl/N-ethyl adjacent to an activating group) is 1. The van der Waals surface area contributed by atoms with E-state index in [9.17, 15) is 4.79 Å². The molecule has 0 N–H and O–H groups in total. The zero-order chi connectivity index (χ0) is 20.8. The first-order chi connectivity index (χ1) is 13.7. The van der Waals surface area contributed by atoms with Crippen LogP contribution in [0.3, 0.4) is 0 Å². The van der Waals surface area contributed by atoms with E-state index < -0.39 is 5.60 Å². The second-order valence-corrected chi connectivity index (χ2v) is 9.61. The standard InChI is InChI=1S/C23H32N4O2/c1-16-6-9-21(26(13-16)22(28)29-23(2,3)4)17-7-8-18-14-27(24-20(18)12-17)19-10-11-25(5)15-19/h7-9,12,14,16,19H,6,10-11,13,15H2,1-5H3/t16-,19-/m0/s1. The number of likely N-dealkylation sites (tertiary alicyclic amines) is 1. The number of hydrogen-bond donors (Lipinski definition) is 0. The Balaban J connectivity index is 1.63. The van der Waals surface area contributed by atoms with E-state index in [1.807, 2.05) is 20.8 Å². The van der Waals surface area contributed by atoms with Crippen LogP contribution >= 0.6 is 0 Å². The summed E-state index contributed by atoms with van der Waals surface area (Å²) in [4.78, 5) is 17.0. The van der Waals surface area contributed by atoms with Crippen LogP contribution in [-0.2, 0) is 4.74 Å². The van der Waals surface area contributed by atoms with Crippen LogP contribution in [0.25, 0.3) is 16.6 Å². The van der Waals surface area contributed by atoms with Crippen LogP contribution in [0.2, 0.25) is 0 Å². The van der Waals surface area contributed by atoms with Crippen LogP contribution in [0.4, 0.5) is 4.79 Å². The normalized spacial score (nSPS) is 23.5. The van der Waals surface area contributed by atoms with Gasteiger partial charge in [0.1, 0.15) is 5.60 Å². The zero-order valence-corrected chi connectivity index (χ0v) is 18.2. The molecule has 1 saturated heterocycles. The first kappa shape index (κ1) is 20.0. The molecule has 0 radical (unpaired) electrons. The van der Waals surface area contributed by atoms with Crippen LogP contribution in [0, 0.1) is 5.92 Å². The predicted molar refractivity (Wildman–Crippen MR) is 116 cm³/mol. The summed E-state index contributed by atoms with van der Waals surface area (Å²) in [6.45, 7) is 10.7. The van der Waals surface area contributed by atoms with Crippen molar-refractivity contribution < 1.29 is 9.53 Å². The molecule has 4 rings (SSSR count). The van der Waals surface area contributed by atoms with Crippen molar-refractivity contribution in [2.45, 2.75) is 52.2 Å². The number of fused-ring (bicyclic) bond motifs is 1. The predicted octanol–water partition coefficient (Wildman–Crippen LogP) is 4.53. The van der Waals surface area contributed by atoms with E-state index in [0.29, 0.717) is 18.5 Å². The SMILES string of the molecule is C[C@H]1CC=C(c2ccc3cn([C@H]4CCN(C)C4)nc3c2)N(C(=O)OC(C)(C)C)C1. The smallest absolute Gasteiger partial charge is 0.414 e. The van der Waals surface area contributed by atoms with Gasteiger partial charge >= 0.3 is 6.09 Å².